The van der Waals surface area contributed by atoms with Crippen molar-refractivity contribution in [3.8, 4) is 0 Å². The molecule has 0 spiro atoms. The molecule has 1 saturated carbocycles. The lowest BCUT2D eigenvalue weighted by molar-refractivity contribution is 0.399. The van der Waals surface area contributed by atoms with Crippen LogP contribution in [0.2, 0.25) is 0 Å². The van der Waals surface area contributed by atoms with Gasteiger partial charge in [0, 0.05) is 19.2 Å². The highest BCUT2D eigenvalue weighted by molar-refractivity contribution is 5.08. The van der Waals surface area contributed by atoms with E-state index in [9.17, 15) is 0 Å². The lowest BCUT2D eigenvalue weighted by Crippen LogP contribution is -2.21. The average molecular weight is 207 g/mol. The van der Waals surface area contributed by atoms with E-state index in [0.29, 0.717) is 11.8 Å². The predicted molar refractivity (Wildman–Crippen MR) is 61.6 cm³/mol. The van der Waals surface area contributed by atoms with Gasteiger partial charge in [0.1, 0.15) is 0 Å². The van der Waals surface area contributed by atoms with Crippen molar-refractivity contribution in [2.24, 2.45) is 18.7 Å². The van der Waals surface area contributed by atoms with Gasteiger partial charge < -0.3 is 5.73 Å². The molecular weight excluding hydrogens is 186 g/mol. The van der Waals surface area contributed by atoms with Gasteiger partial charge in [0.15, 0.2) is 0 Å². The maximum absolute atomic E-state index is 5.87. The Morgan fingerprint density at radius 2 is 2.20 bits per heavy atom. The summed E-state index contributed by atoms with van der Waals surface area (Å²) < 4.78 is 1.90. The van der Waals surface area contributed by atoms with Crippen molar-refractivity contribution in [3.63, 3.8) is 0 Å². The van der Waals surface area contributed by atoms with Gasteiger partial charge in [0.25, 0.3) is 0 Å². The second-order valence-electron chi connectivity index (χ2n) is 4.65. The highest BCUT2D eigenvalue weighted by Crippen LogP contribution is 2.34. The number of aromatic nitrogens is 2. The first-order valence-corrected chi connectivity index (χ1v) is 6.01. The molecule has 84 valence electrons. The monoisotopic (exact) mass is 207 g/mol. The quantitative estimate of drug-likeness (QED) is 0.754. The van der Waals surface area contributed by atoms with Crippen LogP contribution in [0.3, 0.4) is 0 Å². The second-order valence-corrected chi connectivity index (χ2v) is 4.65. The molecule has 0 aromatic carbocycles. The van der Waals surface area contributed by atoms with Crippen molar-refractivity contribution in [3.05, 3.63) is 18.0 Å². The number of rotatable bonds is 2. The molecule has 0 aliphatic heterocycles. The van der Waals surface area contributed by atoms with Crippen LogP contribution in [0.5, 0.6) is 0 Å². The fraction of sp³-hybridized carbons (Fsp3) is 0.750. The largest absolute Gasteiger partial charge is 0.330 e. The van der Waals surface area contributed by atoms with Crippen molar-refractivity contribution in [2.45, 2.75) is 38.0 Å². The Bertz CT molecular complexity index is 306. The molecule has 1 heterocycles. The van der Waals surface area contributed by atoms with E-state index in [-0.39, 0.29) is 0 Å². The first-order chi connectivity index (χ1) is 7.31. The van der Waals surface area contributed by atoms with Crippen LogP contribution in [0.25, 0.3) is 0 Å². The number of aryl methyl sites for hydroxylation is 1. The molecule has 0 saturated heterocycles. The molecule has 3 heteroatoms. The maximum Gasteiger partial charge on any atom is 0.0658 e. The highest BCUT2D eigenvalue weighted by atomic mass is 15.2. The van der Waals surface area contributed by atoms with E-state index < -0.39 is 0 Å². The van der Waals surface area contributed by atoms with Crippen molar-refractivity contribution < 1.29 is 0 Å². The van der Waals surface area contributed by atoms with Crippen LogP contribution >= 0.6 is 0 Å². The molecule has 3 nitrogen and oxygen atoms in total. The van der Waals surface area contributed by atoms with Crippen LogP contribution in [0.1, 0.15) is 43.7 Å². The standard InChI is InChI=1S/C12H21N3/c1-15-8-7-12(14-15)11-6-4-2-3-5-10(11)9-13/h7-8,10-11H,2-6,9,13H2,1H3. The van der Waals surface area contributed by atoms with Crippen molar-refractivity contribution in [1.29, 1.82) is 0 Å². The van der Waals surface area contributed by atoms with Crippen LogP contribution in [-0.4, -0.2) is 16.3 Å². The summed E-state index contributed by atoms with van der Waals surface area (Å²) in [5.41, 5.74) is 7.12. The molecule has 1 aliphatic rings. The minimum absolute atomic E-state index is 0.596. The topological polar surface area (TPSA) is 43.8 Å². The van der Waals surface area contributed by atoms with Crippen LogP contribution in [0.15, 0.2) is 12.3 Å². The Labute approximate surface area is 91.7 Å². The molecule has 2 N–H and O–H groups in total. The van der Waals surface area contributed by atoms with Gasteiger partial charge in [-0.1, -0.05) is 19.3 Å². The Morgan fingerprint density at radius 3 is 2.87 bits per heavy atom. The summed E-state index contributed by atoms with van der Waals surface area (Å²) in [6.45, 7) is 0.807. The number of hydrogen-bond acceptors (Lipinski definition) is 2. The van der Waals surface area contributed by atoms with Crippen molar-refractivity contribution in [2.75, 3.05) is 6.54 Å². The van der Waals surface area contributed by atoms with Gasteiger partial charge in [0.2, 0.25) is 0 Å². The van der Waals surface area contributed by atoms with E-state index >= 15 is 0 Å². The zero-order valence-electron chi connectivity index (χ0n) is 9.52. The van der Waals surface area contributed by atoms with E-state index in [0.717, 1.165) is 6.54 Å². The lowest BCUT2D eigenvalue weighted by Gasteiger charge is -2.21. The van der Waals surface area contributed by atoms with Crippen molar-refractivity contribution >= 4 is 0 Å². The van der Waals surface area contributed by atoms with Crippen LogP contribution < -0.4 is 5.73 Å². The van der Waals surface area contributed by atoms with Gasteiger partial charge in [-0.15, -0.1) is 0 Å². The molecule has 0 amide bonds. The van der Waals surface area contributed by atoms with Gasteiger partial charge >= 0.3 is 0 Å². The molecule has 0 radical (unpaired) electrons. The molecule has 1 aliphatic carbocycles. The smallest absolute Gasteiger partial charge is 0.0658 e. The Morgan fingerprint density at radius 1 is 1.40 bits per heavy atom. The Kier molecular flexibility index (Phi) is 3.41. The number of nitrogens with two attached hydrogens (primary N) is 1. The Balaban J connectivity index is 2.16. The summed E-state index contributed by atoms with van der Waals surface area (Å²) in [6.07, 6.45) is 8.60. The van der Waals surface area contributed by atoms with E-state index in [1.165, 1.54) is 37.8 Å². The maximum atomic E-state index is 5.87. The van der Waals surface area contributed by atoms with Gasteiger partial charge in [-0.3, -0.25) is 4.68 Å². The third-order valence-electron chi connectivity index (χ3n) is 3.58. The van der Waals surface area contributed by atoms with E-state index in [2.05, 4.69) is 11.2 Å². The Hall–Kier alpha value is -0.830. The minimum atomic E-state index is 0.596. The molecule has 1 fully saturated rings. The molecule has 0 bridgehead atoms. The zero-order valence-corrected chi connectivity index (χ0v) is 9.52. The number of hydrogen-bond donors (Lipinski definition) is 1. The number of nitrogens with zero attached hydrogens (tertiary/aromatic N) is 2. The molecule has 15 heavy (non-hydrogen) atoms. The fourth-order valence-electron chi connectivity index (χ4n) is 2.69. The lowest BCUT2D eigenvalue weighted by atomic mass is 9.85. The average Bonchev–Trinajstić information content (AvgIpc) is 2.54. The zero-order chi connectivity index (χ0) is 10.7. The molecule has 2 atom stereocenters. The SMILES string of the molecule is Cn1ccc(C2CCCCCC2CN)n1. The molecule has 1 aromatic rings. The van der Waals surface area contributed by atoms with E-state index in [1.807, 2.05) is 17.9 Å². The summed E-state index contributed by atoms with van der Waals surface area (Å²) in [6, 6.07) is 2.15. The first kappa shape index (κ1) is 10.7. The van der Waals surface area contributed by atoms with E-state index in [1.54, 1.807) is 0 Å². The molecule has 1 aromatic heterocycles. The van der Waals surface area contributed by atoms with Crippen LogP contribution in [-0.2, 0) is 7.05 Å². The third-order valence-corrected chi connectivity index (χ3v) is 3.58. The summed E-state index contributed by atoms with van der Waals surface area (Å²) >= 11 is 0. The van der Waals surface area contributed by atoms with Gasteiger partial charge in [-0.2, -0.15) is 5.10 Å². The second kappa shape index (κ2) is 4.79. The van der Waals surface area contributed by atoms with Gasteiger partial charge in [0.05, 0.1) is 5.69 Å². The third kappa shape index (κ3) is 2.40. The van der Waals surface area contributed by atoms with Crippen LogP contribution in [0, 0.1) is 5.92 Å². The summed E-state index contributed by atoms with van der Waals surface area (Å²) in [7, 11) is 1.98. The molecule has 2 unspecified atom stereocenters. The minimum Gasteiger partial charge on any atom is -0.330 e. The van der Waals surface area contributed by atoms with Crippen LogP contribution in [0.4, 0.5) is 0 Å². The van der Waals surface area contributed by atoms with E-state index in [4.69, 9.17) is 5.73 Å². The van der Waals surface area contributed by atoms with Crippen molar-refractivity contribution in [1.82, 2.24) is 9.78 Å². The predicted octanol–water partition coefficient (Wildman–Crippen LogP) is 2.04. The summed E-state index contributed by atoms with van der Waals surface area (Å²) in [5, 5.41) is 4.54. The fourth-order valence-corrected chi connectivity index (χ4v) is 2.69. The molecular formula is C12H21N3. The normalized spacial score (nSPS) is 27.6. The highest BCUT2D eigenvalue weighted by Gasteiger charge is 2.25. The summed E-state index contributed by atoms with van der Waals surface area (Å²) in [4.78, 5) is 0. The summed E-state index contributed by atoms with van der Waals surface area (Å²) in [5.74, 6) is 1.24. The van der Waals surface area contributed by atoms with Gasteiger partial charge in [-0.25, -0.2) is 0 Å². The molecule has 2 rings (SSSR count). The first-order valence-electron chi connectivity index (χ1n) is 6.01. The van der Waals surface area contributed by atoms with Gasteiger partial charge in [-0.05, 0) is 31.4 Å².